The zero-order valence-corrected chi connectivity index (χ0v) is 13.0. The summed E-state index contributed by atoms with van der Waals surface area (Å²) in [7, 11) is 0. The number of aromatic nitrogens is 4. The molecule has 5 rings (SSSR count). The maximum Gasteiger partial charge on any atom is 0.187 e. The molecule has 4 nitrogen and oxygen atoms in total. The molecule has 2 atom stereocenters. The Bertz CT molecular complexity index is 897. The highest BCUT2D eigenvalue weighted by atomic mass is 32.2. The van der Waals surface area contributed by atoms with Crippen LogP contribution in [0, 0.1) is 18.8 Å². The van der Waals surface area contributed by atoms with Crippen molar-refractivity contribution in [3.8, 4) is 11.5 Å². The van der Waals surface area contributed by atoms with Gasteiger partial charge in [-0.15, -0.1) is 3.89 Å². The number of rotatable bonds is 2. The number of H-pyrrole nitrogens is 1. The van der Waals surface area contributed by atoms with Gasteiger partial charge in [0.1, 0.15) is 5.69 Å². The summed E-state index contributed by atoms with van der Waals surface area (Å²) in [5.74, 6) is 2.25. The normalized spacial score (nSPS) is 22.6. The molecule has 2 aromatic heterocycles. The first-order valence-electron chi connectivity index (χ1n) is 7.59. The lowest BCUT2D eigenvalue weighted by atomic mass is 9.96. The van der Waals surface area contributed by atoms with Gasteiger partial charge in [-0.05, 0) is 55.7 Å². The van der Waals surface area contributed by atoms with E-state index in [9.17, 15) is 3.89 Å². The third-order valence-electron chi connectivity index (χ3n) is 4.97. The second-order valence-electron chi connectivity index (χ2n) is 6.49. The van der Waals surface area contributed by atoms with Gasteiger partial charge in [-0.1, -0.05) is 6.07 Å². The van der Waals surface area contributed by atoms with E-state index in [2.05, 4.69) is 28.1 Å². The van der Waals surface area contributed by atoms with Gasteiger partial charge in [0.05, 0.1) is 16.7 Å². The highest BCUT2D eigenvalue weighted by Gasteiger charge is 2.44. The Morgan fingerprint density at radius 2 is 2.18 bits per heavy atom. The topological polar surface area (TPSA) is 46.5 Å². The van der Waals surface area contributed by atoms with Crippen molar-refractivity contribution in [3.63, 3.8) is 0 Å². The standard InChI is InChI=1S/C16H15FN4S/c1-8-2-3-12-13(4-8)19-16(18-12)15-11-6-9-5-10(9)7-14(11)21(20-15)22-17/h2-4,9-10H,5-7H2,1H3,(H,18,19). The van der Waals surface area contributed by atoms with Crippen LogP contribution in [0.5, 0.6) is 0 Å². The summed E-state index contributed by atoms with van der Waals surface area (Å²) in [4.78, 5) is 8.01. The van der Waals surface area contributed by atoms with Crippen molar-refractivity contribution in [3.05, 3.63) is 35.0 Å². The number of halogens is 1. The van der Waals surface area contributed by atoms with Gasteiger partial charge in [0.25, 0.3) is 0 Å². The summed E-state index contributed by atoms with van der Waals surface area (Å²) in [5, 5.41) is 4.46. The number of hydrogen-bond donors (Lipinski definition) is 1. The van der Waals surface area contributed by atoms with Crippen LogP contribution in [-0.2, 0) is 12.8 Å². The van der Waals surface area contributed by atoms with Gasteiger partial charge in [-0.2, -0.15) is 9.19 Å². The minimum atomic E-state index is 0.193. The van der Waals surface area contributed by atoms with Crippen molar-refractivity contribution in [1.29, 1.82) is 0 Å². The fourth-order valence-electron chi connectivity index (χ4n) is 3.68. The van der Waals surface area contributed by atoms with E-state index in [1.807, 2.05) is 12.1 Å². The van der Waals surface area contributed by atoms with Crippen LogP contribution in [0.15, 0.2) is 18.2 Å². The fraction of sp³-hybridized carbons (Fsp3) is 0.375. The lowest BCUT2D eigenvalue weighted by Gasteiger charge is -2.11. The molecule has 0 aliphatic heterocycles. The van der Waals surface area contributed by atoms with Crippen LogP contribution < -0.4 is 0 Å². The molecule has 6 heteroatoms. The zero-order chi connectivity index (χ0) is 14.8. The summed E-state index contributed by atoms with van der Waals surface area (Å²) in [5.41, 5.74) is 6.16. The lowest BCUT2D eigenvalue weighted by molar-refractivity contribution is 0.632. The number of nitrogens with one attached hydrogen (secondary N) is 1. The largest absolute Gasteiger partial charge is 0.337 e. The van der Waals surface area contributed by atoms with E-state index in [4.69, 9.17) is 0 Å². The van der Waals surface area contributed by atoms with Crippen molar-refractivity contribution in [2.75, 3.05) is 0 Å². The van der Waals surface area contributed by atoms with Crippen LogP contribution in [0.1, 0.15) is 23.2 Å². The Morgan fingerprint density at radius 1 is 1.32 bits per heavy atom. The van der Waals surface area contributed by atoms with Crippen molar-refractivity contribution >= 4 is 23.4 Å². The summed E-state index contributed by atoms with van der Waals surface area (Å²) < 4.78 is 14.7. The smallest absolute Gasteiger partial charge is 0.187 e. The number of hydrogen-bond acceptors (Lipinski definition) is 3. The first-order chi connectivity index (χ1) is 10.7. The SMILES string of the molecule is Cc1ccc2nc(-c3nn(SF)c4c3CC3CC3C4)[nH]c2c1. The second kappa shape index (κ2) is 4.35. The van der Waals surface area contributed by atoms with Crippen molar-refractivity contribution in [2.24, 2.45) is 11.8 Å². The average molecular weight is 314 g/mol. The Kier molecular flexibility index (Phi) is 2.51. The molecule has 2 aliphatic rings. The quantitative estimate of drug-likeness (QED) is 0.781. The number of aryl methyl sites for hydroxylation is 1. The van der Waals surface area contributed by atoms with Gasteiger partial charge >= 0.3 is 0 Å². The monoisotopic (exact) mass is 314 g/mol. The molecular weight excluding hydrogens is 299 g/mol. The average Bonchev–Trinajstić information content (AvgIpc) is 3.00. The Hall–Kier alpha value is -1.82. The van der Waals surface area contributed by atoms with Gasteiger partial charge in [-0.25, -0.2) is 4.98 Å². The van der Waals surface area contributed by atoms with Crippen molar-refractivity contribution in [1.82, 2.24) is 19.2 Å². The van der Waals surface area contributed by atoms with Crippen LogP contribution in [-0.4, -0.2) is 19.2 Å². The summed E-state index contributed by atoms with van der Waals surface area (Å²) in [6.07, 6.45) is 3.22. The second-order valence-corrected chi connectivity index (χ2v) is 6.97. The molecule has 0 radical (unpaired) electrons. The molecule has 22 heavy (non-hydrogen) atoms. The maximum atomic E-state index is 13.2. The van der Waals surface area contributed by atoms with E-state index in [0.717, 1.165) is 52.9 Å². The molecular formula is C16H15FN4S. The Balaban J connectivity index is 1.69. The van der Waals surface area contributed by atoms with Gasteiger partial charge in [0.15, 0.2) is 18.2 Å². The molecule has 1 fully saturated rings. The van der Waals surface area contributed by atoms with Crippen molar-refractivity contribution in [2.45, 2.75) is 26.2 Å². The van der Waals surface area contributed by atoms with Gasteiger partial charge in [-0.3, -0.25) is 0 Å². The van der Waals surface area contributed by atoms with E-state index in [1.165, 1.54) is 21.6 Å². The first-order valence-corrected chi connectivity index (χ1v) is 8.27. The van der Waals surface area contributed by atoms with Crippen LogP contribution in [0.3, 0.4) is 0 Å². The molecule has 0 spiro atoms. The predicted octanol–water partition coefficient (Wildman–Crippen LogP) is 3.85. The van der Waals surface area contributed by atoms with E-state index in [1.54, 1.807) is 0 Å². The summed E-state index contributed by atoms with van der Waals surface area (Å²) in [6, 6.07) is 6.14. The number of fused-ring (bicyclic) bond motifs is 3. The van der Waals surface area contributed by atoms with E-state index in [-0.39, 0.29) is 12.3 Å². The maximum absolute atomic E-state index is 13.2. The van der Waals surface area contributed by atoms with Gasteiger partial charge in [0.2, 0.25) is 0 Å². The van der Waals surface area contributed by atoms with Gasteiger partial charge in [0, 0.05) is 5.56 Å². The number of nitrogens with zero attached hydrogens (tertiary/aromatic N) is 3. The van der Waals surface area contributed by atoms with E-state index < -0.39 is 0 Å². The predicted molar refractivity (Wildman–Crippen MR) is 85.2 cm³/mol. The lowest BCUT2D eigenvalue weighted by Crippen LogP contribution is -2.07. The molecule has 0 bridgehead atoms. The minimum absolute atomic E-state index is 0.193. The molecule has 112 valence electrons. The van der Waals surface area contributed by atoms with Crippen LogP contribution in [0.4, 0.5) is 3.89 Å². The van der Waals surface area contributed by atoms with Crippen LogP contribution in [0.2, 0.25) is 0 Å². The van der Waals surface area contributed by atoms with E-state index in [0.29, 0.717) is 0 Å². The highest BCUT2D eigenvalue weighted by molar-refractivity contribution is 7.92. The number of imidazole rings is 1. The highest BCUT2D eigenvalue weighted by Crippen LogP contribution is 2.50. The minimum Gasteiger partial charge on any atom is -0.337 e. The molecule has 0 saturated heterocycles. The van der Waals surface area contributed by atoms with Crippen LogP contribution >= 0.6 is 12.3 Å². The molecule has 0 amide bonds. The summed E-state index contributed by atoms with van der Waals surface area (Å²) >= 11 is 0.193. The molecule has 1 aromatic carbocycles. The molecule has 2 unspecified atom stereocenters. The summed E-state index contributed by atoms with van der Waals surface area (Å²) in [6.45, 7) is 2.06. The number of aromatic amines is 1. The molecule has 1 saturated carbocycles. The molecule has 3 aromatic rings. The molecule has 1 N–H and O–H groups in total. The molecule has 2 heterocycles. The third-order valence-corrected chi connectivity index (χ3v) is 5.41. The number of benzene rings is 1. The van der Waals surface area contributed by atoms with Crippen LogP contribution in [0.25, 0.3) is 22.6 Å². The van der Waals surface area contributed by atoms with E-state index >= 15 is 0 Å². The Labute approximate surface area is 131 Å². The first kappa shape index (κ1) is 12.7. The molecule has 2 aliphatic carbocycles. The van der Waals surface area contributed by atoms with Crippen molar-refractivity contribution < 1.29 is 3.89 Å². The third kappa shape index (κ3) is 1.76. The zero-order valence-electron chi connectivity index (χ0n) is 12.1. The fourth-order valence-corrected chi connectivity index (χ4v) is 4.06. The van der Waals surface area contributed by atoms with Gasteiger partial charge < -0.3 is 4.98 Å². The Morgan fingerprint density at radius 3 is 3.05 bits per heavy atom.